The highest BCUT2D eigenvalue weighted by molar-refractivity contribution is 6.01. The summed E-state index contributed by atoms with van der Waals surface area (Å²) in [5.74, 6) is -1.11. The Morgan fingerprint density at radius 3 is 2.39 bits per heavy atom. The molecule has 0 radical (unpaired) electrons. The third-order valence-corrected chi connectivity index (χ3v) is 2.48. The van der Waals surface area contributed by atoms with Crippen LogP contribution in [0.15, 0.2) is 12.1 Å². The van der Waals surface area contributed by atoms with Gasteiger partial charge in [0.25, 0.3) is 0 Å². The van der Waals surface area contributed by atoms with Gasteiger partial charge in [-0.25, -0.2) is 0 Å². The van der Waals surface area contributed by atoms with Crippen molar-refractivity contribution in [1.82, 2.24) is 0 Å². The molecule has 0 spiro atoms. The van der Waals surface area contributed by atoms with Crippen LogP contribution in [0.25, 0.3) is 0 Å². The lowest BCUT2D eigenvalue weighted by atomic mass is 10.0. The summed E-state index contributed by atoms with van der Waals surface area (Å²) in [6, 6.07) is 1.86. The van der Waals surface area contributed by atoms with Crippen LogP contribution in [0.4, 0.5) is 13.2 Å². The molecule has 1 aromatic rings. The zero-order chi connectivity index (χ0) is 13.3. The summed E-state index contributed by atoms with van der Waals surface area (Å²) in [7, 11) is 0. The fraction of sp³-hybridized carbons (Fsp3) is 0.364. The lowest BCUT2D eigenvalue weighted by Crippen LogP contribution is -2.23. The molecule has 1 aliphatic heterocycles. The SMILES string of the molecule is NCC(=O)c1ccc(C(F)(F)F)c2c1OCCO2. The van der Waals surface area contributed by atoms with Crippen molar-refractivity contribution >= 4 is 5.78 Å². The molecule has 0 saturated carbocycles. The number of hydrogen-bond acceptors (Lipinski definition) is 4. The second kappa shape index (κ2) is 4.49. The van der Waals surface area contributed by atoms with Gasteiger partial charge in [0.2, 0.25) is 0 Å². The smallest absolute Gasteiger partial charge is 0.420 e. The third-order valence-electron chi connectivity index (χ3n) is 2.48. The number of carbonyl (C=O) groups excluding carboxylic acids is 1. The Labute approximate surface area is 100 Å². The van der Waals surface area contributed by atoms with E-state index in [4.69, 9.17) is 15.2 Å². The van der Waals surface area contributed by atoms with E-state index in [-0.39, 0.29) is 31.1 Å². The van der Waals surface area contributed by atoms with Gasteiger partial charge in [-0.3, -0.25) is 4.79 Å². The van der Waals surface area contributed by atoms with Crippen molar-refractivity contribution in [3.63, 3.8) is 0 Å². The van der Waals surface area contributed by atoms with Gasteiger partial charge in [0.15, 0.2) is 17.3 Å². The van der Waals surface area contributed by atoms with Crippen LogP contribution in [0.2, 0.25) is 0 Å². The molecule has 1 aliphatic rings. The number of rotatable bonds is 2. The largest absolute Gasteiger partial charge is 0.485 e. The fourth-order valence-corrected chi connectivity index (χ4v) is 1.69. The molecule has 0 amide bonds. The Hall–Kier alpha value is -1.76. The van der Waals surface area contributed by atoms with Gasteiger partial charge in [-0.15, -0.1) is 0 Å². The van der Waals surface area contributed by atoms with E-state index < -0.39 is 23.3 Å². The molecule has 0 bridgehead atoms. The minimum atomic E-state index is -4.56. The van der Waals surface area contributed by atoms with E-state index in [1.807, 2.05) is 0 Å². The second-order valence-corrected chi connectivity index (χ2v) is 3.64. The number of alkyl halides is 3. The van der Waals surface area contributed by atoms with Crippen LogP contribution in [0.3, 0.4) is 0 Å². The molecule has 2 N–H and O–H groups in total. The number of halogens is 3. The lowest BCUT2D eigenvalue weighted by molar-refractivity contribution is -0.139. The number of Topliss-reactive ketones (excluding diaryl/α,β-unsaturated/α-hetero) is 1. The summed E-state index contributed by atoms with van der Waals surface area (Å²) >= 11 is 0. The van der Waals surface area contributed by atoms with E-state index in [1.165, 1.54) is 0 Å². The summed E-state index contributed by atoms with van der Waals surface area (Å²) in [6.07, 6.45) is -4.56. The first-order valence-corrected chi connectivity index (χ1v) is 5.18. The molecule has 0 saturated heterocycles. The van der Waals surface area contributed by atoms with E-state index >= 15 is 0 Å². The van der Waals surface area contributed by atoms with Gasteiger partial charge in [-0.2, -0.15) is 13.2 Å². The molecular formula is C11H10F3NO3. The zero-order valence-corrected chi connectivity index (χ0v) is 9.21. The van der Waals surface area contributed by atoms with Crippen LogP contribution in [0, 0.1) is 0 Å². The number of ketones is 1. The minimum absolute atomic E-state index is 0.0103. The van der Waals surface area contributed by atoms with E-state index in [0.717, 1.165) is 12.1 Å². The topological polar surface area (TPSA) is 61.6 Å². The van der Waals surface area contributed by atoms with Gasteiger partial charge >= 0.3 is 6.18 Å². The maximum Gasteiger partial charge on any atom is 0.420 e. The van der Waals surface area contributed by atoms with Crippen LogP contribution >= 0.6 is 0 Å². The number of nitrogens with two attached hydrogens (primary N) is 1. The molecular weight excluding hydrogens is 251 g/mol. The van der Waals surface area contributed by atoms with Crippen LogP contribution in [-0.4, -0.2) is 25.5 Å². The Kier molecular flexibility index (Phi) is 3.16. The molecule has 0 fully saturated rings. The molecule has 1 aromatic carbocycles. The highest BCUT2D eigenvalue weighted by Crippen LogP contribution is 2.44. The number of ether oxygens (including phenoxy) is 2. The maximum atomic E-state index is 12.7. The summed E-state index contributed by atoms with van der Waals surface area (Å²) in [6.45, 7) is -0.198. The first-order chi connectivity index (χ1) is 8.45. The van der Waals surface area contributed by atoms with Crippen LogP contribution in [0.5, 0.6) is 11.5 Å². The lowest BCUT2D eigenvalue weighted by Gasteiger charge is -2.23. The van der Waals surface area contributed by atoms with Gasteiger partial charge in [0, 0.05) is 0 Å². The van der Waals surface area contributed by atoms with Crippen molar-refractivity contribution in [2.24, 2.45) is 5.73 Å². The van der Waals surface area contributed by atoms with E-state index in [2.05, 4.69) is 0 Å². The van der Waals surface area contributed by atoms with Gasteiger partial charge < -0.3 is 15.2 Å². The Morgan fingerprint density at radius 2 is 1.83 bits per heavy atom. The van der Waals surface area contributed by atoms with Crippen LogP contribution in [-0.2, 0) is 6.18 Å². The van der Waals surface area contributed by atoms with Gasteiger partial charge in [-0.1, -0.05) is 0 Å². The predicted octanol–water partition coefficient (Wildman–Crippen LogP) is 1.62. The third kappa shape index (κ3) is 2.13. The maximum absolute atomic E-state index is 12.7. The van der Waals surface area contributed by atoms with E-state index in [9.17, 15) is 18.0 Å². The number of hydrogen-bond donors (Lipinski definition) is 1. The van der Waals surface area contributed by atoms with Gasteiger partial charge in [-0.05, 0) is 12.1 Å². The quantitative estimate of drug-likeness (QED) is 0.822. The molecule has 0 aromatic heterocycles. The summed E-state index contributed by atoms with van der Waals surface area (Å²) < 4.78 is 48.3. The van der Waals surface area contributed by atoms with Crippen molar-refractivity contribution < 1.29 is 27.4 Å². The van der Waals surface area contributed by atoms with E-state index in [1.54, 1.807) is 0 Å². The van der Waals surface area contributed by atoms with Gasteiger partial charge in [0.05, 0.1) is 12.1 Å². The number of carbonyl (C=O) groups is 1. The first kappa shape index (κ1) is 12.7. The van der Waals surface area contributed by atoms with Crippen molar-refractivity contribution in [2.75, 3.05) is 19.8 Å². The molecule has 98 valence electrons. The Morgan fingerprint density at radius 1 is 1.22 bits per heavy atom. The molecule has 0 unspecified atom stereocenters. The van der Waals surface area contributed by atoms with Crippen molar-refractivity contribution in [3.8, 4) is 11.5 Å². The van der Waals surface area contributed by atoms with Crippen molar-refractivity contribution in [3.05, 3.63) is 23.3 Å². The predicted molar refractivity (Wildman–Crippen MR) is 55.8 cm³/mol. The second-order valence-electron chi connectivity index (χ2n) is 3.64. The molecule has 0 atom stereocenters. The zero-order valence-electron chi connectivity index (χ0n) is 9.21. The molecule has 7 heteroatoms. The fourth-order valence-electron chi connectivity index (χ4n) is 1.69. The average molecular weight is 261 g/mol. The molecule has 18 heavy (non-hydrogen) atoms. The average Bonchev–Trinajstić information content (AvgIpc) is 2.35. The summed E-state index contributed by atoms with van der Waals surface area (Å²) in [4.78, 5) is 11.5. The summed E-state index contributed by atoms with van der Waals surface area (Å²) in [5, 5.41) is 0. The van der Waals surface area contributed by atoms with Crippen LogP contribution in [0.1, 0.15) is 15.9 Å². The van der Waals surface area contributed by atoms with Crippen LogP contribution < -0.4 is 15.2 Å². The highest BCUT2D eigenvalue weighted by Gasteiger charge is 2.38. The first-order valence-electron chi connectivity index (χ1n) is 5.18. The van der Waals surface area contributed by atoms with E-state index in [0.29, 0.717) is 0 Å². The number of fused-ring (bicyclic) bond motifs is 1. The number of benzene rings is 1. The highest BCUT2D eigenvalue weighted by atomic mass is 19.4. The standard InChI is InChI=1S/C11H10F3NO3/c12-11(13,14)7-2-1-6(8(16)5-15)9-10(7)18-4-3-17-9/h1-2H,3-5,15H2. The monoisotopic (exact) mass is 261 g/mol. The Bertz CT molecular complexity index is 485. The minimum Gasteiger partial charge on any atom is -0.485 e. The van der Waals surface area contributed by atoms with Crippen molar-refractivity contribution in [2.45, 2.75) is 6.18 Å². The van der Waals surface area contributed by atoms with Gasteiger partial charge in [0.1, 0.15) is 18.8 Å². The molecule has 2 rings (SSSR count). The normalized spacial score (nSPS) is 14.4. The molecule has 4 nitrogen and oxygen atoms in total. The van der Waals surface area contributed by atoms with Crippen molar-refractivity contribution in [1.29, 1.82) is 0 Å². The Balaban J connectivity index is 2.59. The summed E-state index contributed by atoms with van der Waals surface area (Å²) in [5.41, 5.74) is 4.25. The molecule has 0 aliphatic carbocycles. The molecule has 1 heterocycles.